The number of carbonyl (C=O) groups is 1. The predicted molar refractivity (Wildman–Crippen MR) is 106 cm³/mol. The Morgan fingerprint density at radius 2 is 1.81 bits per heavy atom. The van der Waals surface area contributed by atoms with Crippen LogP contribution in [0.15, 0.2) is 23.2 Å². The molecule has 27 heavy (non-hydrogen) atoms. The molecule has 4 N–H and O–H groups in total. The van der Waals surface area contributed by atoms with Crippen molar-refractivity contribution in [3.8, 4) is 0 Å². The number of unbranched alkanes of at least 4 members (excludes halogenated alkanes) is 2. The van der Waals surface area contributed by atoms with Gasteiger partial charge in [0.15, 0.2) is 5.03 Å². The smallest absolute Gasteiger partial charge is 0.408 e. The fourth-order valence-electron chi connectivity index (χ4n) is 2.40. The van der Waals surface area contributed by atoms with E-state index in [1.807, 2.05) is 34.6 Å². The number of nitrogens with two attached hydrogens (primary N) is 1. The first-order valence-corrected chi connectivity index (χ1v) is 10.6. The van der Waals surface area contributed by atoms with Crippen molar-refractivity contribution in [2.45, 2.75) is 76.5 Å². The van der Waals surface area contributed by atoms with Crippen LogP contribution in [0.4, 0.5) is 10.6 Å². The van der Waals surface area contributed by atoms with Crippen LogP contribution in [0.1, 0.15) is 60.3 Å². The van der Waals surface area contributed by atoms with Crippen LogP contribution in [0.2, 0.25) is 0 Å². The van der Waals surface area contributed by atoms with E-state index in [0.29, 0.717) is 12.4 Å². The highest BCUT2D eigenvalue weighted by molar-refractivity contribution is 7.89. The number of primary sulfonamides is 1. The minimum absolute atomic E-state index is 0.150. The highest BCUT2D eigenvalue weighted by Crippen LogP contribution is 2.16. The van der Waals surface area contributed by atoms with E-state index in [1.165, 1.54) is 6.07 Å². The van der Waals surface area contributed by atoms with Crippen molar-refractivity contribution in [2.75, 3.05) is 11.9 Å². The van der Waals surface area contributed by atoms with Gasteiger partial charge in [-0.1, -0.05) is 18.9 Å². The number of ether oxygens (including phenoxy) is 1. The molecule has 154 valence electrons. The van der Waals surface area contributed by atoms with Crippen LogP contribution < -0.4 is 15.8 Å². The van der Waals surface area contributed by atoms with Gasteiger partial charge in [-0.25, -0.2) is 23.3 Å². The Morgan fingerprint density at radius 1 is 1.15 bits per heavy atom. The molecule has 0 saturated heterocycles. The Bertz CT molecular complexity index is 727. The fraction of sp³-hybridized carbons (Fsp3) is 0.667. The second-order valence-electron chi connectivity index (χ2n) is 8.15. The number of hydrogen-bond donors (Lipinski definition) is 3. The maximum Gasteiger partial charge on any atom is 0.408 e. The van der Waals surface area contributed by atoms with Crippen molar-refractivity contribution in [1.29, 1.82) is 0 Å². The number of carbonyl (C=O) groups excluding carboxylic acids is 1. The van der Waals surface area contributed by atoms with Gasteiger partial charge in [-0.2, -0.15) is 0 Å². The van der Waals surface area contributed by atoms with Gasteiger partial charge in [-0.15, -0.1) is 0 Å². The zero-order chi connectivity index (χ0) is 20.7. The number of pyridine rings is 1. The normalized spacial score (nSPS) is 12.5. The first-order chi connectivity index (χ1) is 12.3. The molecule has 1 amide bonds. The number of alkyl carbamates (subject to hydrolysis) is 1. The third kappa shape index (κ3) is 10.1. The van der Waals surface area contributed by atoms with Gasteiger partial charge < -0.3 is 15.4 Å². The van der Waals surface area contributed by atoms with Gasteiger partial charge in [0.2, 0.25) is 0 Å². The van der Waals surface area contributed by atoms with E-state index in [1.54, 1.807) is 12.1 Å². The Kier molecular flexibility index (Phi) is 8.04. The molecule has 0 spiro atoms. The highest BCUT2D eigenvalue weighted by atomic mass is 32.2. The summed E-state index contributed by atoms with van der Waals surface area (Å²) in [6, 6.07) is 4.66. The van der Waals surface area contributed by atoms with Crippen molar-refractivity contribution in [3.63, 3.8) is 0 Å². The van der Waals surface area contributed by atoms with Gasteiger partial charge in [-0.05, 0) is 59.6 Å². The van der Waals surface area contributed by atoms with E-state index in [4.69, 9.17) is 9.88 Å². The van der Waals surface area contributed by atoms with Crippen molar-refractivity contribution in [2.24, 2.45) is 5.14 Å². The van der Waals surface area contributed by atoms with Crippen LogP contribution in [-0.4, -0.2) is 37.2 Å². The number of anilines is 1. The van der Waals surface area contributed by atoms with Crippen LogP contribution in [0.25, 0.3) is 0 Å². The van der Waals surface area contributed by atoms with Gasteiger partial charge >= 0.3 is 6.09 Å². The third-order valence-corrected chi connectivity index (χ3v) is 4.45. The summed E-state index contributed by atoms with van der Waals surface area (Å²) in [6.07, 6.45) is 3.21. The molecule has 0 fully saturated rings. The fourth-order valence-corrected chi connectivity index (χ4v) is 2.89. The summed E-state index contributed by atoms with van der Waals surface area (Å²) in [6.45, 7) is 10.1. The van der Waals surface area contributed by atoms with Crippen molar-refractivity contribution < 1.29 is 17.9 Å². The quantitative estimate of drug-likeness (QED) is 0.548. The molecule has 1 heterocycles. The van der Waals surface area contributed by atoms with Gasteiger partial charge in [0.1, 0.15) is 11.4 Å². The first kappa shape index (κ1) is 23.2. The van der Waals surface area contributed by atoms with Gasteiger partial charge in [0.25, 0.3) is 10.0 Å². The minimum Gasteiger partial charge on any atom is -0.444 e. The van der Waals surface area contributed by atoms with Crippen LogP contribution in [0.3, 0.4) is 0 Å². The summed E-state index contributed by atoms with van der Waals surface area (Å²) in [7, 11) is -3.80. The SMILES string of the molecule is CC(C)(CCCCCNc1cccc(S(N)(=O)=O)n1)NC(=O)OC(C)(C)C. The van der Waals surface area contributed by atoms with E-state index >= 15 is 0 Å². The van der Waals surface area contributed by atoms with E-state index in [-0.39, 0.29) is 10.6 Å². The molecule has 0 atom stereocenters. The number of amides is 1. The molecule has 1 aromatic rings. The summed E-state index contributed by atoms with van der Waals surface area (Å²) in [4.78, 5) is 15.8. The molecule has 0 saturated carbocycles. The van der Waals surface area contributed by atoms with Gasteiger partial charge in [-0.3, -0.25) is 0 Å². The molecule has 8 nitrogen and oxygen atoms in total. The monoisotopic (exact) mass is 400 g/mol. The topological polar surface area (TPSA) is 123 Å². The van der Waals surface area contributed by atoms with Crippen molar-refractivity contribution in [3.05, 3.63) is 18.2 Å². The van der Waals surface area contributed by atoms with E-state index in [2.05, 4.69) is 15.6 Å². The number of nitrogens with one attached hydrogen (secondary N) is 2. The average Bonchev–Trinajstić information content (AvgIpc) is 2.47. The number of rotatable bonds is 9. The second kappa shape index (κ2) is 9.36. The lowest BCUT2D eigenvalue weighted by atomic mass is 9.97. The Balaban J connectivity index is 2.29. The molecular formula is C18H32N4O4S. The number of nitrogens with zero attached hydrogens (tertiary/aromatic N) is 1. The maximum atomic E-state index is 11.9. The Hall–Kier alpha value is -1.87. The number of aromatic nitrogens is 1. The lowest BCUT2D eigenvalue weighted by Crippen LogP contribution is -2.45. The largest absolute Gasteiger partial charge is 0.444 e. The molecule has 0 aliphatic heterocycles. The highest BCUT2D eigenvalue weighted by Gasteiger charge is 2.24. The summed E-state index contributed by atoms with van der Waals surface area (Å²) in [5.74, 6) is 0.480. The molecule has 0 aliphatic carbocycles. The van der Waals surface area contributed by atoms with E-state index in [0.717, 1.165) is 25.7 Å². The standard InChI is InChI=1S/C18H32N4O4S/c1-17(2,3)26-16(23)22-18(4,5)12-7-6-8-13-20-14-10-9-11-15(21-14)27(19,24)25/h9-11H,6-8,12-13H2,1-5H3,(H,20,21)(H,22,23)(H2,19,24,25). The van der Waals surface area contributed by atoms with Gasteiger partial charge in [0, 0.05) is 12.1 Å². The van der Waals surface area contributed by atoms with E-state index < -0.39 is 21.7 Å². The molecule has 1 rings (SSSR count). The summed E-state index contributed by atoms with van der Waals surface area (Å²) < 4.78 is 27.9. The van der Waals surface area contributed by atoms with Gasteiger partial charge in [0.05, 0.1) is 0 Å². The van der Waals surface area contributed by atoms with Crippen LogP contribution in [-0.2, 0) is 14.8 Å². The Morgan fingerprint density at radius 3 is 2.41 bits per heavy atom. The zero-order valence-corrected chi connectivity index (χ0v) is 17.6. The lowest BCUT2D eigenvalue weighted by Gasteiger charge is -2.28. The molecule has 0 unspecified atom stereocenters. The second-order valence-corrected chi connectivity index (χ2v) is 9.66. The average molecular weight is 401 g/mol. The van der Waals surface area contributed by atoms with E-state index in [9.17, 15) is 13.2 Å². The van der Waals surface area contributed by atoms with Crippen LogP contribution in [0.5, 0.6) is 0 Å². The molecule has 9 heteroatoms. The molecular weight excluding hydrogens is 368 g/mol. The Labute approximate surface area is 162 Å². The maximum absolute atomic E-state index is 11.9. The molecule has 0 radical (unpaired) electrons. The first-order valence-electron chi connectivity index (χ1n) is 9.03. The molecule has 0 aromatic carbocycles. The number of sulfonamides is 1. The zero-order valence-electron chi connectivity index (χ0n) is 16.8. The van der Waals surface area contributed by atoms with Crippen LogP contribution in [0, 0.1) is 0 Å². The molecule has 0 bridgehead atoms. The summed E-state index contributed by atoms with van der Waals surface area (Å²) in [5, 5.41) is 10.9. The van der Waals surface area contributed by atoms with Crippen molar-refractivity contribution >= 4 is 21.9 Å². The minimum atomic E-state index is -3.80. The summed E-state index contributed by atoms with van der Waals surface area (Å²) in [5.41, 5.74) is -0.860. The molecule has 1 aromatic heterocycles. The summed E-state index contributed by atoms with van der Waals surface area (Å²) >= 11 is 0. The lowest BCUT2D eigenvalue weighted by molar-refractivity contribution is 0.0467. The predicted octanol–water partition coefficient (Wildman–Crippen LogP) is 3.00. The molecule has 0 aliphatic rings. The van der Waals surface area contributed by atoms with Crippen LogP contribution >= 0.6 is 0 Å². The third-order valence-electron chi connectivity index (χ3n) is 3.64. The van der Waals surface area contributed by atoms with Crippen molar-refractivity contribution in [1.82, 2.24) is 10.3 Å². The number of hydrogen-bond acceptors (Lipinski definition) is 6.